The fraction of sp³-hybridized carbons (Fsp3) is 0.333. The molecule has 1 unspecified atom stereocenters. The Morgan fingerprint density at radius 1 is 1.40 bits per heavy atom. The summed E-state index contributed by atoms with van der Waals surface area (Å²) < 4.78 is 0. The Morgan fingerprint density at radius 2 is 2.15 bits per heavy atom. The third-order valence-corrected chi connectivity index (χ3v) is 3.12. The van der Waals surface area contributed by atoms with Crippen LogP contribution in [0.3, 0.4) is 0 Å². The van der Waals surface area contributed by atoms with Crippen LogP contribution in [0.5, 0.6) is 0 Å². The van der Waals surface area contributed by atoms with Crippen molar-refractivity contribution in [2.45, 2.75) is 25.9 Å². The molecule has 2 rings (SSSR count). The number of rotatable bonds is 5. The van der Waals surface area contributed by atoms with Crippen LogP contribution in [-0.2, 0) is 0 Å². The second kappa shape index (κ2) is 6.34. The third kappa shape index (κ3) is 3.24. The Bertz CT molecular complexity index is 661. The number of amides is 1. The van der Waals surface area contributed by atoms with E-state index in [1.165, 1.54) is 6.20 Å². The third-order valence-electron chi connectivity index (χ3n) is 3.12. The van der Waals surface area contributed by atoms with Gasteiger partial charge in [0.05, 0.1) is 6.10 Å². The summed E-state index contributed by atoms with van der Waals surface area (Å²) in [5.41, 5.74) is 0.552. The van der Waals surface area contributed by atoms with Crippen LogP contribution in [-0.4, -0.2) is 28.6 Å². The molecule has 0 aliphatic rings. The number of benzene rings is 1. The van der Waals surface area contributed by atoms with Gasteiger partial charge >= 0.3 is 0 Å². The van der Waals surface area contributed by atoms with Crippen molar-refractivity contribution in [1.82, 2.24) is 10.3 Å². The Hall–Kier alpha value is -2.14. The van der Waals surface area contributed by atoms with Crippen molar-refractivity contribution < 1.29 is 9.90 Å². The molecule has 1 atom stereocenters. The molecule has 1 heterocycles. The molecule has 1 aromatic carbocycles. The lowest BCUT2D eigenvalue weighted by atomic mass is 10.1. The van der Waals surface area contributed by atoms with E-state index in [1.807, 2.05) is 6.07 Å². The van der Waals surface area contributed by atoms with Gasteiger partial charge in [0, 0.05) is 23.6 Å². The number of aromatic amines is 1. The molecule has 3 N–H and O–H groups in total. The molecular formula is C15H18N2O3. The summed E-state index contributed by atoms with van der Waals surface area (Å²) in [4.78, 5) is 27.1. The number of aliphatic hydroxyl groups is 1. The van der Waals surface area contributed by atoms with Crippen molar-refractivity contribution in [3.8, 4) is 0 Å². The number of hydrogen-bond donors (Lipinski definition) is 3. The summed E-state index contributed by atoms with van der Waals surface area (Å²) in [6.07, 6.45) is 2.36. The molecule has 0 saturated heterocycles. The minimum absolute atomic E-state index is 0.112. The van der Waals surface area contributed by atoms with Gasteiger partial charge in [-0.1, -0.05) is 12.1 Å². The topological polar surface area (TPSA) is 82.2 Å². The first-order valence-electron chi connectivity index (χ1n) is 6.66. The van der Waals surface area contributed by atoms with Crippen LogP contribution in [0.1, 0.15) is 30.1 Å². The lowest BCUT2D eigenvalue weighted by Gasteiger charge is -2.07. The highest BCUT2D eigenvalue weighted by Gasteiger charge is 2.12. The van der Waals surface area contributed by atoms with Crippen LogP contribution in [0.2, 0.25) is 0 Å². The second-order valence-corrected chi connectivity index (χ2v) is 4.82. The van der Waals surface area contributed by atoms with Crippen LogP contribution in [0.4, 0.5) is 0 Å². The van der Waals surface area contributed by atoms with Gasteiger partial charge in [-0.25, -0.2) is 0 Å². The van der Waals surface area contributed by atoms with Gasteiger partial charge in [0.15, 0.2) is 0 Å². The van der Waals surface area contributed by atoms with E-state index >= 15 is 0 Å². The van der Waals surface area contributed by atoms with E-state index in [9.17, 15) is 9.59 Å². The first kappa shape index (κ1) is 14.3. The van der Waals surface area contributed by atoms with E-state index in [0.717, 1.165) is 0 Å². The summed E-state index contributed by atoms with van der Waals surface area (Å²) in [6.45, 7) is 2.14. The highest BCUT2D eigenvalue weighted by molar-refractivity contribution is 5.97. The lowest BCUT2D eigenvalue weighted by Crippen LogP contribution is -2.30. The Kier molecular flexibility index (Phi) is 4.53. The summed E-state index contributed by atoms with van der Waals surface area (Å²) >= 11 is 0. The zero-order valence-corrected chi connectivity index (χ0v) is 11.3. The van der Waals surface area contributed by atoms with Gasteiger partial charge in [-0.15, -0.1) is 0 Å². The van der Waals surface area contributed by atoms with E-state index < -0.39 is 0 Å². The van der Waals surface area contributed by atoms with E-state index in [4.69, 9.17) is 5.11 Å². The largest absolute Gasteiger partial charge is 0.393 e. The number of fused-ring (bicyclic) bond motifs is 1. The van der Waals surface area contributed by atoms with E-state index in [1.54, 1.807) is 25.1 Å². The van der Waals surface area contributed by atoms with Gasteiger partial charge in [0.1, 0.15) is 5.56 Å². The van der Waals surface area contributed by atoms with E-state index in [2.05, 4.69) is 10.3 Å². The van der Waals surface area contributed by atoms with Crippen molar-refractivity contribution in [2.75, 3.05) is 6.54 Å². The number of aliphatic hydroxyl groups excluding tert-OH is 1. The van der Waals surface area contributed by atoms with Gasteiger partial charge in [-0.05, 0) is 31.9 Å². The zero-order valence-electron chi connectivity index (χ0n) is 11.3. The first-order chi connectivity index (χ1) is 9.59. The molecule has 5 heteroatoms. The number of H-pyrrole nitrogens is 1. The number of carbonyl (C=O) groups is 1. The summed E-state index contributed by atoms with van der Waals surface area (Å²) in [7, 11) is 0. The van der Waals surface area contributed by atoms with Crippen LogP contribution in [0.15, 0.2) is 35.3 Å². The highest BCUT2D eigenvalue weighted by atomic mass is 16.3. The average Bonchev–Trinajstić information content (AvgIpc) is 2.44. The second-order valence-electron chi connectivity index (χ2n) is 4.82. The summed E-state index contributed by atoms with van der Waals surface area (Å²) in [5.74, 6) is -0.386. The van der Waals surface area contributed by atoms with Gasteiger partial charge in [-0.2, -0.15) is 0 Å². The maximum atomic E-state index is 12.2. The molecule has 0 radical (unpaired) electrons. The van der Waals surface area contributed by atoms with Crippen molar-refractivity contribution in [3.63, 3.8) is 0 Å². The monoisotopic (exact) mass is 274 g/mol. The molecule has 0 fully saturated rings. The Morgan fingerprint density at radius 3 is 2.90 bits per heavy atom. The molecule has 0 saturated carbocycles. The zero-order chi connectivity index (χ0) is 14.5. The maximum absolute atomic E-state index is 12.2. The summed E-state index contributed by atoms with van der Waals surface area (Å²) in [5, 5.41) is 12.3. The van der Waals surface area contributed by atoms with Crippen molar-refractivity contribution >= 4 is 16.8 Å². The van der Waals surface area contributed by atoms with Crippen LogP contribution in [0, 0.1) is 0 Å². The SMILES string of the molecule is CC(O)CCCNC(=O)c1c[nH]c2ccccc2c1=O. The van der Waals surface area contributed by atoms with Gasteiger partial charge in [0.2, 0.25) is 5.43 Å². The van der Waals surface area contributed by atoms with E-state index in [0.29, 0.717) is 30.3 Å². The lowest BCUT2D eigenvalue weighted by molar-refractivity contribution is 0.0948. The maximum Gasteiger partial charge on any atom is 0.256 e. The number of nitrogens with one attached hydrogen (secondary N) is 2. The molecule has 20 heavy (non-hydrogen) atoms. The number of aromatic nitrogens is 1. The molecule has 0 bridgehead atoms. The molecule has 1 amide bonds. The molecule has 2 aromatic rings. The smallest absolute Gasteiger partial charge is 0.256 e. The highest BCUT2D eigenvalue weighted by Crippen LogP contribution is 2.06. The number of hydrogen-bond acceptors (Lipinski definition) is 3. The van der Waals surface area contributed by atoms with Crippen molar-refractivity contribution in [3.05, 3.63) is 46.2 Å². The Labute approximate surface area is 116 Å². The normalized spacial score (nSPS) is 12.3. The standard InChI is InChI=1S/C15H18N2O3/c1-10(18)5-4-8-16-15(20)12-9-17-13-7-3-2-6-11(13)14(12)19/h2-3,6-7,9-10,18H,4-5,8H2,1H3,(H,16,20)(H,17,19). The molecule has 0 spiro atoms. The van der Waals surface area contributed by atoms with Crippen LogP contribution in [0.25, 0.3) is 10.9 Å². The molecule has 5 nitrogen and oxygen atoms in total. The van der Waals surface area contributed by atoms with Gasteiger partial charge < -0.3 is 15.4 Å². The number of pyridine rings is 1. The minimum atomic E-state index is -0.386. The molecule has 0 aliphatic heterocycles. The van der Waals surface area contributed by atoms with Crippen LogP contribution < -0.4 is 10.7 Å². The summed E-state index contributed by atoms with van der Waals surface area (Å²) in [6, 6.07) is 7.08. The van der Waals surface area contributed by atoms with E-state index in [-0.39, 0.29) is 23.0 Å². The Balaban J connectivity index is 2.11. The fourth-order valence-corrected chi connectivity index (χ4v) is 2.03. The molecular weight excluding hydrogens is 256 g/mol. The van der Waals surface area contributed by atoms with Crippen molar-refractivity contribution in [2.24, 2.45) is 0 Å². The number of para-hydroxylation sites is 1. The fourth-order valence-electron chi connectivity index (χ4n) is 2.03. The molecule has 1 aromatic heterocycles. The molecule has 0 aliphatic carbocycles. The van der Waals surface area contributed by atoms with Gasteiger partial charge in [0.25, 0.3) is 5.91 Å². The average molecular weight is 274 g/mol. The minimum Gasteiger partial charge on any atom is -0.393 e. The predicted octanol–water partition coefficient (Wildman–Crippen LogP) is 1.42. The predicted molar refractivity (Wildman–Crippen MR) is 77.8 cm³/mol. The van der Waals surface area contributed by atoms with Crippen LogP contribution >= 0.6 is 0 Å². The molecule has 106 valence electrons. The van der Waals surface area contributed by atoms with Gasteiger partial charge in [-0.3, -0.25) is 9.59 Å². The number of carbonyl (C=O) groups excluding carboxylic acids is 1. The quantitative estimate of drug-likeness (QED) is 0.721. The van der Waals surface area contributed by atoms with Crippen molar-refractivity contribution in [1.29, 1.82) is 0 Å². The first-order valence-corrected chi connectivity index (χ1v) is 6.66.